The summed E-state index contributed by atoms with van der Waals surface area (Å²) in [5, 5.41) is 16.5. The number of carboxylic acids is 1. The van der Waals surface area contributed by atoms with Gasteiger partial charge in [-0.2, -0.15) is 0 Å². The van der Waals surface area contributed by atoms with Crippen LogP contribution in [0.1, 0.15) is 31.5 Å². The molecule has 6 N–H and O–H groups in total. The van der Waals surface area contributed by atoms with Crippen LogP contribution in [0.5, 0.6) is 0 Å². The molecule has 0 aliphatic heterocycles. The number of nitrogens with one attached hydrogen (secondary N) is 5. The number of benzene rings is 1. The van der Waals surface area contributed by atoms with Crippen molar-refractivity contribution < 1.29 is 32.7 Å². The predicted octanol–water partition coefficient (Wildman–Crippen LogP) is 0.0490. The molecule has 0 spiro atoms. The van der Waals surface area contributed by atoms with E-state index in [1.165, 1.54) is 24.7 Å². The van der Waals surface area contributed by atoms with E-state index in [-0.39, 0.29) is 24.3 Å². The van der Waals surface area contributed by atoms with Gasteiger partial charge in [0.1, 0.15) is 12.1 Å². The van der Waals surface area contributed by atoms with Crippen molar-refractivity contribution in [3.05, 3.63) is 48.0 Å². The second kappa shape index (κ2) is 12.7. The maximum absolute atomic E-state index is 12.6. The number of H-pyrrole nitrogens is 1. The fraction of sp³-hybridized carbons (Fsp3) is 0.409. The molecule has 2 atom stereocenters. The second-order valence-corrected chi connectivity index (χ2v) is 10.00. The molecule has 0 fully saturated rings. The lowest BCUT2D eigenvalue weighted by atomic mass is 10.0. The molecular formula is C22H30N6O7S. The number of carboxylic acid groups (broad SMARTS) is 1. The second-order valence-electron chi connectivity index (χ2n) is 8.35. The molecule has 0 bridgehead atoms. The van der Waals surface area contributed by atoms with Crippen LogP contribution < -0.4 is 20.7 Å². The Morgan fingerprint density at radius 3 is 2.39 bits per heavy atom. The number of amides is 4. The minimum absolute atomic E-state index is 0.00724. The van der Waals surface area contributed by atoms with Crippen LogP contribution in [0.4, 0.5) is 4.79 Å². The molecule has 196 valence electrons. The molecule has 4 amide bonds. The number of sulfonamides is 1. The SMILES string of the molecule is Cc1ccccc1S(=O)(=O)NC(=O)N[C@H](C(=O)NCCC(=O)N[C@@H](Cc1cnc[nH]1)C(=O)O)C(C)C. The lowest BCUT2D eigenvalue weighted by molar-refractivity contribution is -0.141. The predicted molar refractivity (Wildman–Crippen MR) is 128 cm³/mol. The summed E-state index contributed by atoms with van der Waals surface area (Å²) in [4.78, 5) is 55.0. The first-order valence-corrected chi connectivity index (χ1v) is 12.5. The highest BCUT2D eigenvalue weighted by atomic mass is 32.2. The first-order chi connectivity index (χ1) is 16.9. The molecule has 0 radical (unpaired) electrons. The molecule has 0 aliphatic rings. The fourth-order valence-electron chi connectivity index (χ4n) is 3.23. The van der Waals surface area contributed by atoms with Crippen LogP contribution in [-0.4, -0.2) is 65.9 Å². The van der Waals surface area contributed by atoms with Crippen LogP contribution in [0.3, 0.4) is 0 Å². The summed E-state index contributed by atoms with van der Waals surface area (Å²) in [5.41, 5.74) is 0.980. The number of rotatable bonds is 12. The zero-order valence-electron chi connectivity index (χ0n) is 20.1. The third-order valence-corrected chi connectivity index (χ3v) is 6.60. The lowest BCUT2D eigenvalue weighted by Crippen LogP contribution is -2.53. The summed E-state index contributed by atoms with van der Waals surface area (Å²) in [5.74, 6) is -2.86. The van der Waals surface area contributed by atoms with Crippen molar-refractivity contribution in [3.8, 4) is 0 Å². The van der Waals surface area contributed by atoms with E-state index >= 15 is 0 Å². The van der Waals surface area contributed by atoms with Gasteiger partial charge in [-0.25, -0.2) is 27.7 Å². The third-order valence-electron chi connectivity index (χ3n) is 5.11. The van der Waals surface area contributed by atoms with Gasteiger partial charge in [0.2, 0.25) is 11.8 Å². The van der Waals surface area contributed by atoms with E-state index in [0.29, 0.717) is 11.3 Å². The van der Waals surface area contributed by atoms with E-state index < -0.39 is 51.8 Å². The highest BCUT2D eigenvalue weighted by molar-refractivity contribution is 7.90. The Kier molecular flexibility index (Phi) is 9.96. The zero-order valence-corrected chi connectivity index (χ0v) is 20.9. The molecule has 1 aromatic heterocycles. The van der Waals surface area contributed by atoms with Crippen molar-refractivity contribution in [3.63, 3.8) is 0 Å². The van der Waals surface area contributed by atoms with E-state index in [4.69, 9.17) is 0 Å². The van der Waals surface area contributed by atoms with Gasteiger partial charge >= 0.3 is 12.0 Å². The van der Waals surface area contributed by atoms with E-state index in [1.807, 2.05) is 4.72 Å². The number of carbonyl (C=O) groups is 4. The summed E-state index contributed by atoms with van der Waals surface area (Å²) in [6.07, 6.45) is 2.64. The number of hydrogen-bond donors (Lipinski definition) is 6. The summed E-state index contributed by atoms with van der Waals surface area (Å²) < 4.78 is 26.9. The van der Waals surface area contributed by atoms with Crippen LogP contribution in [0.25, 0.3) is 0 Å². The number of aromatic amines is 1. The minimum atomic E-state index is -4.15. The Bertz CT molecular complexity index is 1180. The molecule has 2 rings (SSSR count). The molecule has 2 aromatic rings. The van der Waals surface area contributed by atoms with Gasteiger partial charge in [0.15, 0.2) is 0 Å². The third kappa shape index (κ3) is 8.37. The average Bonchev–Trinajstić information content (AvgIpc) is 3.29. The Hall–Kier alpha value is -3.94. The van der Waals surface area contributed by atoms with Crippen LogP contribution in [0.2, 0.25) is 0 Å². The van der Waals surface area contributed by atoms with Crippen molar-refractivity contribution >= 4 is 33.8 Å². The van der Waals surface area contributed by atoms with Crippen LogP contribution in [0, 0.1) is 12.8 Å². The number of hydrogen-bond acceptors (Lipinski definition) is 7. The molecule has 0 saturated carbocycles. The molecule has 0 unspecified atom stereocenters. The topological polar surface area (TPSA) is 199 Å². The largest absolute Gasteiger partial charge is 0.480 e. The summed E-state index contributed by atoms with van der Waals surface area (Å²) >= 11 is 0. The zero-order chi connectivity index (χ0) is 26.9. The van der Waals surface area contributed by atoms with Gasteiger partial charge in [0.05, 0.1) is 11.2 Å². The van der Waals surface area contributed by atoms with Gasteiger partial charge in [0, 0.05) is 31.3 Å². The van der Waals surface area contributed by atoms with Crippen LogP contribution in [0.15, 0.2) is 41.7 Å². The fourth-order valence-corrected chi connectivity index (χ4v) is 4.40. The lowest BCUT2D eigenvalue weighted by Gasteiger charge is -2.22. The number of carbonyl (C=O) groups excluding carboxylic acids is 3. The molecule has 0 saturated heterocycles. The first kappa shape index (κ1) is 28.3. The van der Waals surface area contributed by atoms with Gasteiger partial charge in [-0.15, -0.1) is 0 Å². The monoisotopic (exact) mass is 522 g/mol. The van der Waals surface area contributed by atoms with Crippen molar-refractivity contribution in [2.45, 2.75) is 50.6 Å². The molecular weight excluding hydrogens is 492 g/mol. The summed E-state index contributed by atoms with van der Waals surface area (Å²) in [6, 6.07) is 2.78. The van der Waals surface area contributed by atoms with Crippen molar-refractivity contribution in [1.82, 2.24) is 30.6 Å². The molecule has 1 aromatic carbocycles. The van der Waals surface area contributed by atoms with Crippen LogP contribution in [-0.2, 0) is 30.8 Å². The van der Waals surface area contributed by atoms with E-state index in [2.05, 4.69) is 25.9 Å². The maximum atomic E-state index is 12.6. The van der Waals surface area contributed by atoms with E-state index in [0.717, 1.165) is 0 Å². The standard InChI is InChI=1S/C22H30N6O7S/c1-13(2)19(27-22(33)28-36(34,35)17-7-5-4-6-14(17)3)20(30)24-9-8-18(29)26-16(21(31)32)10-15-11-23-12-25-15/h4-7,11-13,16,19H,8-10H2,1-3H3,(H,23,25)(H,24,30)(H,26,29)(H,31,32)(H2,27,28,33)/t16-,19-/m0/s1. The average molecular weight is 523 g/mol. The number of aliphatic carboxylic acids is 1. The normalized spacial score (nSPS) is 12.9. The van der Waals surface area contributed by atoms with Crippen molar-refractivity contribution in [1.29, 1.82) is 0 Å². The van der Waals surface area contributed by atoms with Gasteiger partial charge in [-0.05, 0) is 24.5 Å². The Labute approximate surface area is 208 Å². The smallest absolute Gasteiger partial charge is 0.329 e. The van der Waals surface area contributed by atoms with Crippen LogP contribution >= 0.6 is 0 Å². The summed E-state index contributed by atoms with van der Waals surface area (Å²) in [6.45, 7) is 4.76. The number of imidazole rings is 1. The van der Waals surface area contributed by atoms with Gasteiger partial charge < -0.3 is 26.0 Å². The van der Waals surface area contributed by atoms with E-state index in [9.17, 15) is 32.7 Å². The number of nitrogens with zero attached hydrogens (tertiary/aromatic N) is 1. The van der Waals surface area contributed by atoms with Gasteiger partial charge in [0.25, 0.3) is 10.0 Å². The molecule has 13 nitrogen and oxygen atoms in total. The highest BCUT2D eigenvalue weighted by Crippen LogP contribution is 2.13. The minimum Gasteiger partial charge on any atom is -0.480 e. The quantitative estimate of drug-likeness (QED) is 0.224. The van der Waals surface area contributed by atoms with Gasteiger partial charge in [-0.1, -0.05) is 32.0 Å². The Morgan fingerprint density at radius 2 is 1.81 bits per heavy atom. The first-order valence-electron chi connectivity index (χ1n) is 11.1. The van der Waals surface area contributed by atoms with E-state index in [1.54, 1.807) is 32.9 Å². The number of urea groups is 1. The molecule has 1 heterocycles. The molecule has 0 aliphatic carbocycles. The highest BCUT2D eigenvalue weighted by Gasteiger charge is 2.27. The molecule has 36 heavy (non-hydrogen) atoms. The molecule has 14 heteroatoms. The van der Waals surface area contributed by atoms with Crippen molar-refractivity contribution in [2.24, 2.45) is 5.92 Å². The van der Waals surface area contributed by atoms with Gasteiger partial charge in [-0.3, -0.25) is 9.59 Å². The Morgan fingerprint density at radius 1 is 1.11 bits per heavy atom. The Balaban J connectivity index is 1.88. The summed E-state index contributed by atoms with van der Waals surface area (Å²) in [7, 11) is -4.15. The number of aryl methyl sites for hydroxylation is 1. The number of aromatic nitrogens is 2. The maximum Gasteiger partial charge on any atom is 0.329 e. The van der Waals surface area contributed by atoms with Crippen molar-refractivity contribution in [2.75, 3.05) is 6.54 Å².